The van der Waals surface area contributed by atoms with Gasteiger partial charge >= 0.3 is 12.4 Å². The Morgan fingerprint density at radius 1 is 0.895 bits per heavy atom. The summed E-state index contributed by atoms with van der Waals surface area (Å²) in [6.45, 7) is 2.80. The first-order valence-electron chi connectivity index (χ1n) is 5.26. The Hall–Kier alpha value is -1.53. The number of alkyl halides is 6. The van der Waals surface area contributed by atoms with Crippen LogP contribution in [0.3, 0.4) is 0 Å². The summed E-state index contributed by atoms with van der Waals surface area (Å²) < 4.78 is 75.1. The molecule has 0 spiro atoms. The van der Waals surface area contributed by atoms with Gasteiger partial charge in [-0.05, 0) is 18.2 Å². The molecule has 0 N–H and O–H groups in total. The minimum Gasteiger partial charge on any atom is -0.294 e. The third kappa shape index (κ3) is 3.71. The Morgan fingerprint density at radius 3 is 1.53 bits per heavy atom. The summed E-state index contributed by atoms with van der Waals surface area (Å²) in [4.78, 5) is 11.6. The van der Waals surface area contributed by atoms with Crippen molar-refractivity contribution in [2.24, 2.45) is 5.92 Å². The zero-order valence-electron chi connectivity index (χ0n) is 9.99. The number of Topliss-reactive ketones (excluding diaryl/α,β-unsaturated/α-hetero) is 1. The second-order valence-electron chi connectivity index (χ2n) is 4.31. The van der Waals surface area contributed by atoms with E-state index in [0.29, 0.717) is 12.1 Å². The van der Waals surface area contributed by atoms with E-state index >= 15 is 0 Å². The first-order valence-corrected chi connectivity index (χ1v) is 5.26. The monoisotopic (exact) mass is 284 g/mol. The van der Waals surface area contributed by atoms with E-state index in [-0.39, 0.29) is 6.07 Å². The second-order valence-corrected chi connectivity index (χ2v) is 4.31. The molecule has 1 rings (SSSR count). The Balaban J connectivity index is 3.46. The minimum absolute atomic E-state index is 0.00287. The molecule has 1 aromatic rings. The van der Waals surface area contributed by atoms with Crippen molar-refractivity contribution in [3.63, 3.8) is 0 Å². The van der Waals surface area contributed by atoms with Crippen LogP contribution < -0.4 is 0 Å². The number of halogens is 6. The molecule has 1 nitrogen and oxygen atoms in total. The number of rotatable bonds is 2. The van der Waals surface area contributed by atoms with E-state index in [2.05, 4.69) is 0 Å². The highest BCUT2D eigenvalue weighted by Crippen LogP contribution is 2.36. The van der Waals surface area contributed by atoms with Crippen molar-refractivity contribution in [2.45, 2.75) is 26.2 Å². The number of ketones is 1. The first kappa shape index (κ1) is 15.5. The van der Waals surface area contributed by atoms with Crippen LogP contribution in [0.2, 0.25) is 0 Å². The van der Waals surface area contributed by atoms with Gasteiger partial charge in [0.25, 0.3) is 0 Å². The molecule has 0 fully saturated rings. The third-order valence-corrected chi connectivity index (χ3v) is 2.40. The van der Waals surface area contributed by atoms with Crippen molar-refractivity contribution in [3.05, 3.63) is 34.9 Å². The average Bonchev–Trinajstić information content (AvgIpc) is 2.24. The van der Waals surface area contributed by atoms with E-state index in [4.69, 9.17) is 0 Å². The number of benzene rings is 1. The van der Waals surface area contributed by atoms with Gasteiger partial charge in [0.15, 0.2) is 5.78 Å². The molecule has 0 saturated carbocycles. The van der Waals surface area contributed by atoms with Crippen LogP contribution in [-0.4, -0.2) is 5.78 Å². The molecule has 106 valence electrons. The average molecular weight is 284 g/mol. The quantitative estimate of drug-likeness (QED) is 0.574. The van der Waals surface area contributed by atoms with Crippen molar-refractivity contribution in [3.8, 4) is 0 Å². The predicted molar refractivity (Wildman–Crippen MR) is 55.6 cm³/mol. The molecule has 0 radical (unpaired) electrons. The van der Waals surface area contributed by atoms with E-state index in [9.17, 15) is 31.1 Å². The van der Waals surface area contributed by atoms with Gasteiger partial charge in [0.2, 0.25) is 0 Å². The molecule has 0 amide bonds. The highest BCUT2D eigenvalue weighted by Gasteiger charge is 2.37. The SMILES string of the molecule is CC(C)C(=O)c1cc(C(F)(F)F)cc(C(F)(F)F)c1. The molecule has 0 aromatic heterocycles. The van der Waals surface area contributed by atoms with Crippen LogP contribution >= 0.6 is 0 Å². The predicted octanol–water partition coefficient (Wildman–Crippen LogP) is 4.56. The lowest BCUT2D eigenvalue weighted by atomic mass is 9.96. The van der Waals surface area contributed by atoms with Crippen molar-refractivity contribution in [1.82, 2.24) is 0 Å². The number of carbonyl (C=O) groups is 1. The minimum atomic E-state index is -4.94. The Morgan fingerprint density at radius 2 is 1.26 bits per heavy atom. The Bertz CT molecular complexity index is 452. The molecule has 1 aromatic carbocycles. The van der Waals surface area contributed by atoms with Gasteiger partial charge in [-0.3, -0.25) is 4.79 Å². The van der Waals surface area contributed by atoms with Gasteiger partial charge in [-0.1, -0.05) is 13.8 Å². The van der Waals surface area contributed by atoms with Gasteiger partial charge in [-0.25, -0.2) is 0 Å². The number of hydrogen-bond donors (Lipinski definition) is 0. The van der Waals surface area contributed by atoms with Gasteiger partial charge in [-0.2, -0.15) is 26.3 Å². The molecule has 0 atom stereocenters. The lowest BCUT2D eigenvalue weighted by Crippen LogP contribution is -2.15. The van der Waals surface area contributed by atoms with E-state index in [1.54, 1.807) is 0 Å². The highest BCUT2D eigenvalue weighted by molar-refractivity contribution is 5.97. The van der Waals surface area contributed by atoms with Gasteiger partial charge < -0.3 is 0 Å². The van der Waals surface area contributed by atoms with Gasteiger partial charge in [0.1, 0.15) is 0 Å². The lowest BCUT2D eigenvalue weighted by molar-refractivity contribution is -0.143. The van der Waals surface area contributed by atoms with Gasteiger partial charge in [-0.15, -0.1) is 0 Å². The van der Waals surface area contributed by atoms with Crippen molar-refractivity contribution in [2.75, 3.05) is 0 Å². The van der Waals surface area contributed by atoms with Gasteiger partial charge in [0, 0.05) is 11.5 Å². The van der Waals surface area contributed by atoms with E-state index in [0.717, 1.165) is 0 Å². The van der Waals surface area contributed by atoms with Crippen LogP contribution in [-0.2, 0) is 12.4 Å². The topological polar surface area (TPSA) is 17.1 Å². The molecule has 0 aliphatic heterocycles. The molecule has 7 heteroatoms. The maximum Gasteiger partial charge on any atom is 0.416 e. The fourth-order valence-corrected chi connectivity index (χ4v) is 1.43. The van der Waals surface area contributed by atoms with Crippen molar-refractivity contribution >= 4 is 5.78 Å². The van der Waals surface area contributed by atoms with Crippen molar-refractivity contribution in [1.29, 1.82) is 0 Å². The summed E-state index contributed by atoms with van der Waals surface area (Å²) in [7, 11) is 0. The fraction of sp³-hybridized carbons (Fsp3) is 0.417. The summed E-state index contributed by atoms with van der Waals surface area (Å²) in [5.41, 5.74) is -3.55. The van der Waals surface area contributed by atoms with E-state index in [1.807, 2.05) is 0 Å². The molecular weight excluding hydrogens is 274 g/mol. The molecule has 0 saturated heterocycles. The molecular formula is C12H10F6O. The number of carbonyl (C=O) groups excluding carboxylic acids is 1. The summed E-state index contributed by atoms with van der Waals surface area (Å²) in [6.07, 6.45) is -9.87. The fourth-order valence-electron chi connectivity index (χ4n) is 1.43. The molecule has 0 unspecified atom stereocenters. The van der Waals surface area contributed by atoms with Crippen LogP contribution in [0.25, 0.3) is 0 Å². The standard InChI is InChI=1S/C12H10F6O/c1-6(2)10(19)7-3-8(11(13,14)15)5-9(4-7)12(16,17)18/h3-6H,1-2H3. The lowest BCUT2D eigenvalue weighted by Gasteiger charge is -2.14. The van der Waals surface area contributed by atoms with Crippen LogP contribution in [0.15, 0.2) is 18.2 Å². The van der Waals surface area contributed by atoms with Crippen LogP contribution in [0, 0.1) is 5.92 Å². The van der Waals surface area contributed by atoms with Crippen LogP contribution in [0.4, 0.5) is 26.3 Å². The Kier molecular flexibility index (Phi) is 3.97. The number of hydrogen-bond acceptors (Lipinski definition) is 1. The third-order valence-electron chi connectivity index (χ3n) is 2.40. The molecule has 19 heavy (non-hydrogen) atoms. The highest BCUT2D eigenvalue weighted by atomic mass is 19.4. The zero-order valence-corrected chi connectivity index (χ0v) is 9.99. The van der Waals surface area contributed by atoms with E-state index in [1.165, 1.54) is 13.8 Å². The largest absolute Gasteiger partial charge is 0.416 e. The summed E-state index contributed by atoms with van der Waals surface area (Å²) >= 11 is 0. The molecule has 0 aliphatic rings. The van der Waals surface area contributed by atoms with Crippen molar-refractivity contribution < 1.29 is 31.1 Å². The van der Waals surface area contributed by atoms with E-state index < -0.39 is 40.7 Å². The first-order chi connectivity index (χ1) is 8.43. The normalized spacial score (nSPS) is 12.9. The summed E-state index contributed by atoms with van der Waals surface area (Å²) in [5.74, 6) is -1.46. The summed E-state index contributed by atoms with van der Waals surface area (Å²) in [5, 5.41) is 0. The Labute approximate surface area is 105 Å². The summed E-state index contributed by atoms with van der Waals surface area (Å²) in [6, 6.07) is 0.881. The van der Waals surface area contributed by atoms with Crippen LogP contribution in [0.5, 0.6) is 0 Å². The smallest absolute Gasteiger partial charge is 0.294 e. The van der Waals surface area contributed by atoms with Crippen LogP contribution in [0.1, 0.15) is 35.3 Å². The molecule has 0 aliphatic carbocycles. The molecule has 0 bridgehead atoms. The second kappa shape index (κ2) is 4.86. The van der Waals surface area contributed by atoms with Gasteiger partial charge in [0.05, 0.1) is 11.1 Å². The maximum atomic E-state index is 12.5. The zero-order chi connectivity index (χ0) is 15.0. The molecule has 0 heterocycles. The maximum absolute atomic E-state index is 12.5.